The Morgan fingerprint density at radius 3 is 3.00 bits per heavy atom. The Hall–Kier alpha value is -0.550. The van der Waals surface area contributed by atoms with Crippen LogP contribution in [0.5, 0.6) is 0 Å². The molecule has 10 heavy (non-hydrogen) atoms. The molecule has 56 valence electrons. The van der Waals surface area contributed by atoms with Gasteiger partial charge in [-0.05, 0) is 31.8 Å². The summed E-state index contributed by atoms with van der Waals surface area (Å²) in [5.74, 6) is 0.907. The number of nitrogens with one attached hydrogen (secondary N) is 1. The van der Waals surface area contributed by atoms with E-state index in [1.807, 2.05) is 0 Å². The smallest absolute Gasteiger partial charge is 0.0659 e. The van der Waals surface area contributed by atoms with Crippen LogP contribution in [0.25, 0.3) is 0 Å². The van der Waals surface area contributed by atoms with E-state index in [1.54, 1.807) is 0 Å². The van der Waals surface area contributed by atoms with Crippen molar-refractivity contribution in [1.82, 2.24) is 5.32 Å². The summed E-state index contributed by atoms with van der Waals surface area (Å²) in [5.41, 5.74) is 0. The highest BCUT2D eigenvalue weighted by atomic mass is 14.9. The van der Waals surface area contributed by atoms with Gasteiger partial charge in [-0.1, -0.05) is 6.92 Å². The van der Waals surface area contributed by atoms with Gasteiger partial charge < -0.3 is 5.32 Å². The normalized spacial score (nSPS) is 27.8. The molecule has 1 N–H and O–H groups in total. The first-order valence-corrected chi connectivity index (χ1v) is 3.98. The predicted octanol–water partition coefficient (Wildman–Crippen LogP) is 1.15. The molecule has 0 aromatic carbocycles. The zero-order chi connectivity index (χ0) is 7.40. The summed E-state index contributed by atoms with van der Waals surface area (Å²) < 4.78 is 0. The van der Waals surface area contributed by atoms with Gasteiger partial charge in [-0.3, -0.25) is 0 Å². The first-order chi connectivity index (χ1) is 4.88. The van der Waals surface area contributed by atoms with Crippen molar-refractivity contribution < 1.29 is 0 Å². The largest absolute Gasteiger partial charge is 0.316 e. The van der Waals surface area contributed by atoms with Crippen LogP contribution >= 0.6 is 0 Å². The molecule has 1 aliphatic heterocycles. The lowest BCUT2D eigenvalue weighted by molar-refractivity contribution is 0.426. The highest BCUT2D eigenvalue weighted by Crippen LogP contribution is 2.20. The molecule has 0 aromatic rings. The van der Waals surface area contributed by atoms with E-state index in [-0.39, 0.29) is 5.92 Å². The van der Waals surface area contributed by atoms with E-state index in [0.29, 0.717) is 5.92 Å². The van der Waals surface area contributed by atoms with Gasteiger partial charge in [0, 0.05) is 0 Å². The molecule has 0 spiro atoms. The van der Waals surface area contributed by atoms with Crippen molar-refractivity contribution in [1.29, 1.82) is 5.26 Å². The average molecular weight is 138 g/mol. The fraction of sp³-hybridized carbons (Fsp3) is 0.875. The molecule has 0 bridgehead atoms. The Morgan fingerprint density at radius 1 is 1.80 bits per heavy atom. The van der Waals surface area contributed by atoms with Crippen molar-refractivity contribution in [3.8, 4) is 6.07 Å². The van der Waals surface area contributed by atoms with Gasteiger partial charge in [0.2, 0.25) is 0 Å². The summed E-state index contributed by atoms with van der Waals surface area (Å²) in [4.78, 5) is 0. The standard InChI is InChI=1S/C8H14N2/c1-2-7(5-9)8-3-4-10-6-8/h7-8,10H,2-4,6H2,1H3. The summed E-state index contributed by atoms with van der Waals surface area (Å²) in [5, 5.41) is 12.0. The third-order valence-electron chi connectivity index (χ3n) is 2.27. The maximum absolute atomic E-state index is 8.71. The molecule has 2 nitrogen and oxygen atoms in total. The molecule has 1 aliphatic rings. The highest BCUT2D eigenvalue weighted by molar-refractivity contribution is 4.90. The monoisotopic (exact) mass is 138 g/mol. The Morgan fingerprint density at radius 2 is 2.60 bits per heavy atom. The van der Waals surface area contributed by atoms with Crippen molar-refractivity contribution in [3.63, 3.8) is 0 Å². The van der Waals surface area contributed by atoms with Crippen molar-refractivity contribution in [2.45, 2.75) is 19.8 Å². The molecule has 0 aliphatic carbocycles. The van der Waals surface area contributed by atoms with E-state index >= 15 is 0 Å². The topological polar surface area (TPSA) is 35.8 Å². The number of nitrogens with zero attached hydrogens (tertiary/aromatic N) is 1. The molecule has 1 rings (SSSR count). The molecule has 1 heterocycles. The zero-order valence-electron chi connectivity index (χ0n) is 6.43. The van der Waals surface area contributed by atoms with E-state index in [9.17, 15) is 0 Å². The lowest BCUT2D eigenvalue weighted by atomic mass is 9.91. The zero-order valence-corrected chi connectivity index (χ0v) is 6.43. The SMILES string of the molecule is CCC(C#N)C1CCNC1. The maximum atomic E-state index is 8.71. The minimum absolute atomic E-state index is 0.287. The lowest BCUT2D eigenvalue weighted by Gasteiger charge is -2.11. The molecule has 0 aromatic heterocycles. The number of hydrogen-bond donors (Lipinski definition) is 1. The van der Waals surface area contributed by atoms with Crippen molar-refractivity contribution >= 4 is 0 Å². The summed E-state index contributed by atoms with van der Waals surface area (Å²) >= 11 is 0. The molecule has 2 unspecified atom stereocenters. The minimum atomic E-state index is 0.287. The van der Waals surface area contributed by atoms with Crippen LogP contribution in [-0.4, -0.2) is 13.1 Å². The van der Waals surface area contributed by atoms with Crippen LogP contribution in [0, 0.1) is 23.2 Å². The fourth-order valence-corrected chi connectivity index (χ4v) is 1.55. The van der Waals surface area contributed by atoms with Gasteiger partial charge in [0.05, 0.1) is 12.0 Å². The van der Waals surface area contributed by atoms with Gasteiger partial charge >= 0.3 is 0 Å². The Labute approximate surface area is 62.2 Å². The molecule has 2 heteroatoms. The molecule has 1 saturated heterocycles. The van der Waals surface area contributed by atoms with Gasteiger partial charge in [-0.25, -0.2) is 0 Å². The maximum Gasteiger partial charge on any atom is 0.0659 e. The average Bonchev–Trinajstić information content (AvgIpc) is 2.43. The van der Waals surface area contributed by atoms with Gasteiger partial charge in [-0.15, -0.1) is 0 Å². The van der Waals surface area contributed by atoms with Crippen LogP contribution in [0.4, 0.5) is 0 Å². The molecule has 0 amide bonds. The molecule has 0 saturated carbocycles. The van der Waals surface area contributed by atoms with Crippen molar-refractivity contribution in [2.24, 2.45) is 11.8 Å². The summed E-state index contributed by atoms with van der Waals surface area (Å²) in [7, 11) is 0. The summed E-state index contributed by atoms with van der Waals surface area (Å²) in [6.07, 6.45) is 2.19. The third kappa shape index (κ3) is 1.48. The lowest BCUT2D eigenvalue weighted by Crippen LogP contribution is -2.15. The first kappa shape index (κ1) is 7.56. The summed E-state index contributed by atoms with van der Waals surface area (Å²) in [6.45, 7) is 4.24. The number of rotatable bonds is 2. The Balaban J connectivity index is 2.38. The number of nitriles is 1. The van der Waals surface area contributed by atoms with Gasteiger partial charge in [0.15, 0.2) is 0 Å². The quantitative estimate of drug-likeness (QED) is 0.621. The van der Waals surface area contributed by atoms with Gasteiger partial charge in [0.25, 0.3) is 0 Å². The van der Waals surface area contributed by atoms with E-state index in [1.165, 1.54) is 6.42 Å². The van der Waals surface area contributed by atoms with Crippen LogP contribution in [0.2, 0.25) is 0 Å². The predicted molar refractivity (Wildman–Crippen MR) is 40.4 cm³/mol. The van der Waals surface area contributed by atoms with E-state index < -0.39 is 0 Å². The first-order valence-electron chi connectivity index (χ1n) is 3.98. The van der Waals surface area contributed by atoms with Crippen LogP contribution in [0.1, 0.15) is 19.8 Å². The van der Waals surface area contributed by atoms with Crippen LogP contribution in [0.15, 0.2) is 0 Å². The fourth-order valence-electron chi connectivity index (χ4n) is 1.55. The Kier molecular flexibility index (Phi) is 2.70. The van der Waals surface area contributed by atoms with Crippen LogP contribution in [-0.2, 0) is 0 Å². The highest BCUT2D eigenvalue weighted by Gasteiger charge is 2.22. The minimum Gasteiger partial charge on any atom is -0.316 e. The van der Waals surface area contributed by atoms with Gasteiger partial charge in [0.1, 0.15) is 0 Å². The molecular weight excluding hydrogens is 124 g/mol. The second-order valence-electron chi connectivity index (χ2n) is 2.90. The molecule has 2 atom stereocenters. The van der Waals surface area contributed by atoms with E-state index in [2.05, 4.69) is 18.3 Å². The molecule has 0 radical (unpaired) electrons. The van der Waals surface area contributed by atoms with Crippen molar-refractivity contribution in [2.75, 3.05) is 13.1 Å². The molecule has 1 fully saturated rings. The van der Waals surface area contributed by atoms with E-state index in [4.69, 9.17) is 5.26 Å². The van der Waals surface area contributed by atoms with Gasteiger partial charge in [-0.2, -0.15) is 5.26 Å². The van der Waals surface area contributed by atoms with Crippen LogP contribution < -0.4 is 5.32 Å². The summed E-state index contributed by atoms with van der Waals surface area (Å²) in [6, 6.07) is 2.35. The number of hydrogen-bond acceptors (Lipinski definition) is 2. The van der Waals surface area contributed by atoms with Crippen molar-refractivity contribution in [3.05, 3.63) is 0 Å². The third-order valence-corrected chi connectivity index (χ3v) is 2.27. The second kappa shape index (κ2) is 3.58. The molecular formula is C8H14N2. The van der Waals surface area contributed by atoms with Crippen LogP contribution in [0.3, 0.4) is 0 Å². The Bertz CT molecular complexity index is 131. The second-order valence-corrected chi connectivity index (χ2v) is 2.90. The van der Waals surface area contributed by atoms with E-state index in [0.717, 1.165) is 19.5 Å².